The summed E-state index contributed by atoms with van der Waals surface area (Å²) in [6.07, 6.45) is 6.03. The highest BCUT2D eigenvalue weighted by molar-refractivity contribution is 6.04. The van der Waals surface area contributed by atoms with E-state index in [1.807, 2.05) is 36.4 Å². The number of benzene rings is 2. The Balaban J connectivity index is 1.30. The standard InChI is InChI=1S/C24H30N2O3/c1-3-14-28-21-10-4-17(5-11-21)24(27)25-18-6-12-22(13-7-18)29-23-15-19-8-9-20(16-23)26(19)2/h4-7,10-13,19-20,23H,3,8-9,14-16H2,1-2H3,(H,25,27)/t19-,20+,23+. The molecule has 4 rings (SSSR count). The Labute approximate surface area is 173 Å². The fourth-order valence-electron chi connectivity index (χ4n) is 4.39. The van der Waals surface area contributed by atoms with Gasteiger partial charge in [0.25, 0.3) is 5.91 Å². The largest absolute Gasteiger partial charge is 0.494 e. The third-order valence-electron chi connectivity index (χ3n) is 6.06. The molecule has 2 aliphatic heterocycles. The van der Waals surface area contributed by atoms with Gasteiger partial charge in [0.2, 0.25) is 0 Å². The van der Waals surface area contributed by atoms with Crippen molar-refractivity contribution in [2.45, 2.75) is 57.2 Å². The lowest BCUT2D eigenvalue weighted by atomic mass is 10.0. The molecule has 154 valence electrons. The molecule has 2 heterocycles. The molecule has 0 radical (unpaired) electrons. The smallest absolute Gasteiger partial charge is 0.255 e. The Bertz CT molecular complexity index is 805. The number of nitrogens with zero attached hydrogens (tertiary/aromatic N) is 1. The first-order chi connectivity index (χ1) is 14.1. The van der Waals surface area contributed by atoms with Gasteiger partial charge in [-0.25, -0.2) is 0 Å². The molecule has 0 aromatic heterocycles. The fraction of sp³-hybridized carbons (Fsp3) is 0.458. The molecule has 1 amide bonds. The van der Waals surface area contributed by atoms with Crippen LogP contribution in [0.1, 0.15) is 49.4 Å². The van der Waals surface area contributed by atoms with Gasteiger partial charge in [0.1, 0.15) is 17.6 Å². The number of hydrogen-bond acceptors (Lipinski definition) is 4. The van der Waals surface area contributed by atoms with E-state index >= 15 is 0 Å². The van der Waals surface area contributed by atoms with Gasteiger partial charge in [-0.15, -0.1) is 0 Å². The van der Waals surface area contributed by atoms with Crippen LogP contribution in [0.5, 0.6) is 11.5 Å². The van der Waals surface area contributed by atoms with Gasteiger partial charge in [0, 0.05) is 23.3 Å². The van der Waals surface area contributed by atoms with E-state index in [0.717, 1.165) is 36.4 Å². The summed E-state index contributed by atoms with van der Waals surface area (Å²) in [5.74, 6) is 1.52. The molecule has 2 saturated heterocycles. The van der Waals surface area contributed by atoms with Gasteiger partial charge in [0.05, 0.1) is 6.61 Å². The summed E-state index contributed by atoms with van der Waals surface area (Å²) in [6, 6.07) is 16.2. The van der Waals surface area contributed by atoms with Crippen LogP contribution < -0.4 is 14.8 Å². The molecule has 29 heavy (non-hydrogen) atoms. The Morgan fingerprint density at radius 2 is 1.62 bits per heavy atom. The Morgan fingerprint density at radius 1 is 1.00 bits per heavy atom. The van der Waals surface area contributed by atoms with E-state index in [2.05, 4.69) is 24.2 Å². The SMILES string of the molecule is CCCOc1ccc(C(=O)Nc2ccc(O[C@H]3C[C@H]4CC[C@@H](C3)N4C)cc2)cc1. The molecule has 2 aromatic carbocycles. The average Bonchev–Trinajstić information content (AvgIpc) is 2.94. The molecule has 0 saturated carbocycles. The Morgan fingerprint density at radius 3 is 2.24 bits per heavy atom. The fourth-order valence-corrected chi connectivity index (χ4v) is 4.39. The van der Waals surface area contributed by atoms with E-state index in [4.69, 9.17) is 9.47 Å². The van der Waals surface area contributed by atoms with Gasteiger partial charge in [-0.3, -0.25) is 4.79 Å². The third-order valence-corrected chi connectivity index (χ3v) is 6.06. The van der Waals surface area contributed by atoms with Crippen molar-refractivity contribution in [2.24, 2.45) is 0 Å². The van der Waals surface area contributed by atoms with Gasteiger partial charge < -0.3 is 19.7 Å². The highest BCUT2D eigenvalue weighted by atomic mass is 16.5. The average molecular weight is 395 g/mol. The Kier molecular flexibility index (Phi) is 6.05. The molecule has 3 atom stereocenters. The van der Waals surface area contributed by atoms with Gasteiger partial charge in [-0.05, 0) is 87.7 Å². The van der Waals surface area contributed by atoms with E-state index in [1.165, 1.54) is 12.8 Å². The number of ether oxygens (including phenoxy) is 2. The predicted octanol–water partition coefficient (Wildman–Crippen LogP) is 4.73. The van der Waals surface area contributed by atoms with Crippen LogP contribution in [0.2, 0.25) is 0 Å². The number of anilines is 1. The molecule has 2 aromatic rings. The van der Waals surface area contributed by atoms with Crippen molar-refractivity contribution in [2.75, 3.05) is 19.0 Å². The maximum absolute atomic E-state index is 12.5. The summed E-state index contributed by atoms with van der Waals surface area (Å²) in [4.78, 5) is 15.0. The van der Waals surface area contributed by atoms with E-state index in [1.54, 1.807) is 12.1 Å². The molecular weight excluding hydrogens is 364 g/mol. The molecule has 0 aliphatic carbocycles. The number of hydrogen-bond donors (Lipinski definition) is 1. The highest BCUT2D eigenvalue weighted by Gasteiger charge is 2.39. The number of rotatable bonds is 7. The Hall–Kier alpha value is -2.53. The molecule has 2 fully saturated rings. The minimum Gasteiger partial charge on any atom is -0.494 e. The number of piperidine rings is 1. The minimum absolute atomic E-state index is 0.132. The number of nitrogens with one attached hydrogen (secondary N) is 1. The monoisotopic (exact) mass is 394 g/mol. The summed E-state index contributed by atoms with van der Waals surface area (Å²) < 4.78 is 11.8. The quantitative estimate of drug-likeness (QED) is 0.737. The van der Waals surface area contributed by atoms with E-state index in [0.29, 0.717) is 24.3 Å². The molecule has 1 N–H and O–H groups in total. The van der Waals surface area contributed by atoms with Crippen molar-refractivity contribution in [3.05, 3.63) is 54.1 Å². The van der Waals surface area contributed by atoms with E-state index in [-0.39, 0.29) is 12.0 Å². The van der Waals surface area contributed by atoms with E-state index < -0.39 is 0 Å². The van der Waals surface area contributed by atoms with Crippen LogP contribution in [0.3, 0.4) is 0 Å². The molecule has 5 heteroatoms. The van der Waals surface area contributed by atoms with Gasteiger partial charge in [0.15, 0.2) is 0 Å². The van der Waals surface area contributed by atoms with Crippen LogP contribution in [0.25, 0.3) is 0 Å². The lowest BCUT2D eigenvalue weighted by molar-refractivity contribution is 0.0662. The van der Waals surface area contributed by atoms with Crippen LogP contribution in [0, 0.1) is 0 Å². The summed E-state index contributed by atoms with van der Waals surface area (Å²) in [7, 11) is 2.24. The second-order valence-electron chi connectivity index (χ2n) is 8.11. The van der Waals surface area contributed by atoms with Crippen LogP contribution >= 0.6 is 0 Å². The van der Waals surface area contributed by atoms with Crippen molar-refractivity contribution >= 4 is 11.6 Å². The zero-order valence-electron chi connectivity index (χ0n) is 17.3. The first kappa shape index (κ1) is 19.8. The van der Waals surface area contributed by atoms with E-state index in [9.17, 15) is 4.79 Å². The van der Waals surface area contributed by atoms with Crippen molar-refractivity contribution < 1.29 is 14.3 Å². The number of carbonyl (C=O) groups excluding carboxylic acids is 1. The topological polar surface area (TPSA) is 50.8 Å². The lowest BCUT2D eigenvalue weighted by Crippen LogP contribution is -2.43. The minimum atomic E-state index is -0.132. The van der Waals surface area contributed by atoms with Crippen molar-refractivity contribution in [1.29, 1.82) is 0 Å². The van der Waals surface area contributed by atoms with Crippen LogP contribution in [0.4, 0.5) is 5.69 Å². The first-order valence-electron chi connectivity index (χ1n) is 10.6. The third kappa shape index (κ3) is 4.73. The van der Waals surface area contributed by atoms with Crippen molar-refractivity contribution in [3.63, 3.8) is 0 Å². The second kappa shape index (κ2) is 8.87. The van der Waals surface area contributed by atoms with Gasteiger partial charge >= 0.3 is 0 Å². The first-order valence-corrected chi connectivity index (χ1v) is 10.6. The van der Waals surface area contributed by atoms with Crippen molar-refractivity contribution in [3.8, 4) is 11.5 Å². The van der Waals surface area contributed by atoms with Gasteiger partial charge in [-0.1, -0.05) is 6.92 Å². The number of amides is 1. The molecule has 0 unspecified atom stereocenters. The highest BCUT2D eigenvalue weighted by Crippen LogP contribution is 2.36. The summed E-state index contributed by atoms with van der Waals surface area (Å²) in [5.41, 5.74) is 1.37. The summed E-state index contributed by atoms with van der Waals surface area (Å²) in [6.45, 7) is 2.74. The molecular formula is C24H30N2O3. The second-order valence-corrected chi connectivity index (χ2v) is 8.11. The maximum atomic E-state index is 12.5. The summed E-state index contributed by atoms with van der Waals surface area (Å²) >= 11 is 0. The zero-order chi connectivity index (χ0) is 20.2. The van der Waals surface area contributed by atoms with Crippen LogP contribution in [-0.2, 0) is 0 Å². The zero-order valence-corrected chi connectivity index (χ0v) is 17.3. The molecule has 0 spiro atoms. The molecule has 5 nitrogen and oxygen atoms in total. The predicted molar refractivity (Wildman–Crippen MR) is 115 cm³/mol. The maximum Gasteiger partial charge on any atom is 0.255 e. The lowest BCUT2D eigenvalue weighted by Gasteiger charge is -2.36. The molecule has 2 bridgehead atoms. The number of fused-ring (bicyclic) bond motifs is 2. The van der Waals surface area contributed by atoms with Crippen molar-refractivity contribution in [1.82, 2.24) is 4.90 Å². The molecule has 2 aliphatic rings. The normalized spacial score (nSPS) is 23.6. The summed E-state index contributed by atoms with van der Waals surface area (Å²) in [5, 5.41) is 2.94. The number of carbonyl (C=O) groups is 1. The van der Waals surface area contributed by atoms with Crippen LogP contribution in [-0.4, -0.2) is 42.6 Å². The van der Waals surface area contributed by atoms with Crippen LogP contribution in [0.15, 0.2) is 48.5 Å². The van der Waals surface area contributed by atoms with Gasteiger partial charge in [-0.2, -0.15) is 0 Å².